The number of nitrogens with one attached hydrogen (secondary N) is 3. The van der Waals surface area contributed by atoms with Crippen LogP contribution in [0.2, 0.25) is 0 Å². The highest BCUT2D eigenvalue weighted by Crippen LogP contribution is 2.16. The van der Waals surface area contributed by atoms with Gasteiger partial charge in [0, 0.05) is 25.1 Å². The summed E-state index contributed by atoms with van der Waals surface area (Å²) in [7, 11) is 0. The van der Waals surface area contributed by atoms with Crippen LogP contribution in [0.15, 0.2) is 18.2 Å². The van der Waals surface area contributed by atoms with Gasteiger partial charge in [-0.3, -0.25) is 9.59 Å². The Bertz CT molecular complexity index is 533. The summed E-state index contributed by atoms with van der Waals surface area (Å²) in [5.41, 5.74) is 0.330. The zero-order chi connectivity index (χ0) is 17.2. The van der Waals surface area contributed by atoms with Crippen LogP contribution in [0.1, 0.15) is 44.0 Å². The van der Waals surface area contributed by atoms with Crippen molar-refractivity contribution in [1.82, 2.24) is 10.6 Å². The number of rotatable bonds is 9. The van der Waals surface area contributed by atoms with Gasteiger partial charge in [0.1, 0.15) is 5.82 Å². The summed E-state index contributed by atoms with van der Waals surface area (Å²) in [6.45, 7) is 7.95. The van der Waals surface area contributed by atoms with Crippen molar-refractivity contribution < 1.29 is 14.0 Å². The summed E-state index contributed by atoms with van der Waals surface area (Å²) in [6.07, 6.45) is 1.36. The van der Waals surface area contributed by atoms with E-state index in [1.807, 2.05) is 13.8 Å². The van der Waals surface area contributed by atoms with Gasteiger partial charge in [0.25, 0.3) is 5.91 Å². The van der Waals surface area contributed by atoms with E-state index in [1.54, 1.807) is 0 Å². The summed E-state index contributed by atoms with van der Waals surface area (Å²) >= 11 is 0. The number of halogens is 1. The van der Waals surface area contributed by atoms with Crippen molar-refractivity contribution in [2.45, 2.75) is 33.6 Å². The number of carbonyl (C=O) groups is 2. The minimum absolute atomic E-state index is 0.0943. The number of hydrogen-bond donors (Lipinski definition) is 3. The van der Waals surface area contributed by atoms with Crippen LogP contribution in [-0.4, -0.2) is 31.4 Å². The molecule has 0 aliphatic carbocycles. The average Bonchev–Trinajstić information content (AvgIpc) is 2.48. The SMILES string of the molecule is CCCNCCNC(=O)c1ccc(NC(=O)CC(C)C)c(F)c1. The van der Waals surface area contributed by atoms with Gasteiger partial charge in [-0.1, -0.05) is 20.8 Å². The highest BCUT2D eigenvalue weighted by molar-refractivity contribution is 5.96. The average molecular weight is 323 g/mol. The molecule has 3 N–H and O–H groups in total. The molecule has 0 aromatic heterocycles. The van der Waals surface area contributed by atoms with Crippen molar-refractivity contribution >= 4 is 17.5 Å². The van der Waals surface area contributed by atoms with E-state index in [9.17, 15) is 14.0 Å². The molecule has 1 rings (SSSR count). The van der Waals surface area contributed by atoms with Crippen molar-refractivity contribution in [3.05, 3.63) is 29.6 Å². The first kappa shape index (κ1) is 19.1. The van der Waals surface area contributed by atoms with Gasteiger partial charge in [-0.15, -0.1) is 0 Å². The van der Waals surface area contributed by atoms with E-state index in [2.05, 4.69) is 22.9 Å². The third kappa shape index (κ3) is 7.23. The monoisotopic (exact) mass is 323 g/mol. The minimum atomic E-state index is -0.612. The van der Waals surface area contributed by atoms with Gasteiger partial charge in [0.15, 0.2) is 0 Å². The second-order valence-electron chi connectivity index (χ2n) is 5.85. The lowest BCUT2D eigenvalue weighted by Gasteiger charge is -2.10. The second kappa shape index (κ2) is 9.94. The molecule has 0 unspecified atom stereocenters. The normalized spacial score (nSPS) is 10.7. The third-order valence-corrected chi connectivity index (χ3v) is 3.11. The Morgan fingerprint density at radius 3 is 2.52 bits per heavy atom. The van der Waals surface area contributed by atoms with Gasteiger partial charge in [0.2, 0.25) is 5.91 Å². The Hall–Kier alpha value is -1.95. The second-order valence-corrected chi connectivity index (χ2v) is 5.85. The summed E-state index contributed by atoms with van der Waals surface area (Å²) in [4.78, 5) is 23.6. The molecular formula is C17H26FN3O2. The third-order valence-electron chi connectivity index (χ3n) is 3.11. The lowest BCUT2D eigenvalue weighted by Crippen LogP contribution is -2.32. The molecule has 1 aromatic rings. The topological polar surface area (TPSA) is 70.2 Å². The van der Waals surface area contributed by atoms with E-state index in [0.29, 0.717) is 19.5 Å². The van der Waals surface area contributed by atoms with Crippen LogP contribution in [-0.2, 0) is 4.79 Å². The lowest BCUT2D eigenvalue weighted by molar-refractivity contribution is -0.116. The Morgan fingerprint density at radius 2 is 1.91 bits per heavy atom. The van der Waals surface area contributed by atoms with Crippen LogP contribution < -0.4 is 16.0 Å². The summed E-state index contributed by atoms with van der Waals surface area (Å²) in [5.74, 6) is -0.983. The van der Waals surface area contributed by atoms with Crippen molar-refractivity contribution in [3.8, 4) is 0 Å². The molecule has 23 heavy (non-hydrogen) atoms. The molecule has 0 bridgehead atoms. The molecule has 1 aromatic carbocycles. The van der Waals surface area contributed by atoms with E-state index >= 15 is 0 Å². The first-order chi connectivity index (χ1) is 10.9. The predicted octanol–water partition coefficient (Wildman–Crippen LogP) is 2.54. The van der Waals surface area contributed by atoms with Crippen LogP contribution in [0.3, 0.4) is 0 Å². The fraction of sp³-hybridized carbons (Fsp3) is 0.529. The number of hydrogen-bond acceptors (Lipinski definition) is 3. The van der Waals surface area contributed by atoms with Gasteiger partial charge in [0.05, 0.1) is 5.69 Å². The van der Waals surface area contributed by atoms with Gasteiger partial charge in [-0.25, -0.2) is 4.39 Å². The fourth-order valence-electron chi connectivity index (χ4n) is 2.00. The summed E-state index contributed by atoms with van der Waals surface area (Å²) in [6, 6.07) is 4.06. The Balaban J connectivity index is 2.54. The Morgan fingerprint density at radius 1 is 1.17 bits per heavy atom. The van der Waals surface area contributed by atoms with Crippen LogP contribution in [0.4, 0.5) is 10.1 Å². The molecule has 0 atom stereocenters. The van der Waals surface area contributed by atoms with Crippen LogP contribution >= 0.6 is 0 Å². The van der Waals surface area contributed by atoms with Gasteiger partial charge in [-0.05, 0) is 37.1 Å². The zero-order valence-corrected chi connectivity index (χ0v) is 14.0. The zero-order valence-electron chi connectivity index (χ0n) is 14.0. The van der Waals surface area contributed by atoms with E-state index < -0.39 is 5.82 Å². The molecule has 0 radical (unpaired) electrons. The molecular weight excluding hydrogens is 297 g/mol. The van der Waals surface area contributed by atoms with E-state index in [0.717, 1.165) is 19.0 Å². The van der Waals surface area contributed by atoms with Crippen molar-refractivity contribution in [2.24, 2.45) is 5.92 Å². The maximum Gasteiger partial charge on any atom is 0.251 e. The molecule has 128 valence electrons. The van der Waals surface area contributed by atoms with Crippen molar-refractivity contribution in [2.75, 3.05) is 25.0 Å². The largest absolute Gasteiger partial charge is 0.351 e. The van der Waals surface area contributed by atoms with Crippen LogP contribution in [0, 0.1) is 11.7 Å². The number of amides is 2. The molecule has 5 nitrogen and oxygen atoms in total. The standard InChI is InChI=1S/C17H26FN3O2/c1-4-7-19-8-9-20-17(23)13-5-6-15(14(18)11-13)21-16(22)10-12(2)3/h5-6,11-12,19H,4,7-10H2,1-3H3,(H,20,23)(H,21,22). The number of benzene rings is 1. The summed E-state index contributed by atoms with van der Waals surface area (Å²) in [5, 5.41) is 8.40. The predicted molar refractivity (Wildman–Crippen MR) is 90.0 cm³/mol. The minimum Gasteiger partial charge on any atom is -0.351 e. The van der Waals surface area contributed by atoms with Crippen LogP contribution in [0.5, 0.6) is 0 Å². The van der Waals surface area contributed by atoms with E-state index in [-0.39, 0.29) is 29.0 Å². The fourth-order valence-corrected chi connectivity index (χ4v) is 2.00. The van der Waals surface area contributed by atoms with E-state index in [1.165, 1.54) is 12.1 Å². The molecule has 0 saturated carbocycles. The molecule has 0 heterocycles. The first-order valence-electron chi connectivity index (χ1n) is 8.02. The lowest BCUT2D eigenvalue weighted by atomic mass is 10.1. The Kier molecular flexibility index (Phi) is 8.26. The maximum atomic E-state index is 14.0. The first-order valence-corrected chi connectivity index (χ1v) is 8.02. The quantitative estimate of drug-likeness (QED) is 0.612. The smallest absolute Gasteiger partial charge is 0.251 e. The van der Waals surface area contributed by atoms with Gasteiger partial charge < -0.3 is 16.0 Å². The van der Waals surface area contributed by atoms with Gasteiger partial charge >= 0.3 is 0 Å². The molecule has 0 spiro atoms. The Labute approximate surface area is 137 Å². The maximum absolute atomic E-state index is 14.0. The molecule has 0 fully saturated rings. The number of anilines is 1. The molecule has 0 saturated heterocycles. The molecule has 6 heteroatoms. The molecule has 0 aliphatic heterocycles. The molecule has 2 amide bonds. The van der Waals surface area contributed by atoms with Crippen molar-refractivity contribution in [3.63, 3.8) is 0 Å². The number of carbonyl (C=O) groups excluding carboxylic acids is 2. The highest BCUT2D eigenvalue weighted by atomic mass is 19.1. The van der Waals surface area contributed by atoms with Crippen molar-refractivity contribution in [1.29, 1.82) is 0 Å². The van der Waals surface area contributed by atoms with Gasteiger partial charge in [-0.2, -0.15) is 0 Å². The van der Waals surface area contributed by atoms with E-state index in [4.69, 9.17) is 0 Å². The molecule has 0 aliphatic rings. The summed E-state index contributed by atoms with van der Waals surface area (Å²) < 4.78 is 14.0. The van der Waals surface area contributed by atoms with Crippen LogP contribution in [0.25, 0.3) is 0 Å². The highest BCUT2D eigenvalue weighted by Gasteiger charge is 2.12.